The van der Waals surface area contributed by atoms with Crippen LogP contribution in [0.25, 0.3) is 6.08 Å². The normalized spacial score (nSPS) is 10.6. The van der Waals surface area contributed by atoms with Crippen molar-refractivity contribution < 1.29 is 47.6 Å². The summed E-state index contributed by atoms with van der Waals surface area (Å²) in [5.41, 5.74) is 1.81. The molecule has 10 nitrogen and oxygen atoms in total. The molecule has 0 fully saturated rings. The zero-order valence-electron chi connectivity index (χ0n) is 29.1. The summed E-state index contributed by atoms with van der Waals surface area (Å²) < 4.78 is 32.6. The standard InChI is InChI=1S/C41H46O10/c1-4-39(43)49-28-12-8-7-11-27-48-36-20-16-34(17-21-36)41(45)50-37-22-23-38(31(2)29-37)51-40(44)24-15-33-13-18-35(19-14-33)47-26-10-6-5-9-25-46-32(3)30-42/h4,13-24,29-30H,1,3,5-12,25-28H2,2H3/b24-15+. The second-order valence-electron chi connectivity index (χ2n) is 11.5. The van der Waals surface area contributed by atoms with Gasteiger partial charge in [0.25, 0.3) is 0 Å². The van der Waals surface area contributed by atoms with E-state index in [9.17, 15) is 19.2 Å². The lowest BCUT2D eigenvalue weighted by molar-refractivity contribution is -0.137. The van der Waals surface area contributed by atoms with Gasteiger partial charge in [-0.1, -0.05) is 25.3 Å². The van der Waals surface area contributed by atoms with Crippen LogP contribution in [0.3, 0.4) is 0 Å². The van der Waals surface area contributed by atoms with Crippen molar-refractivity contribution in [2.75, 3.05) is 26.4 Å². The smallest absolute Gasteiger partial charge is 0.343 e. The molecule has 0 N–H and O–H groups in total. The summed E-state index contributed by atoms with van der Waals surface area (Å²) in [6.45, 7) is 10.6. The second-order valence-corrected chi connectivity index (χ2v) is 11.5. The molecule has 0 spiro atoms. The highest BCUT2D eigenvalue weighted by Gasteiger charge is 2.12. The van der Waals surface area contributed by atoms with E-state index in [1.54, 1.807) is 55.5 Å². The van der Waals surface area contributed by atoms with Crippen LogP contribution in [0.1, 0.15) is 72.9 Å². The maximum atomic E-state index is 12.7. The lowest BCUT2D eigenvalue weighted by Gasteiger charge is -2.10. The Hall–Kier alpha value is -5.64. The Balaban J connectivity index is 1.34. The van der Waals surface area contributed by atoms with Crippen molar-refractivity contribution in [3.63, 3.8) is 0 Å². The lowest BCUT2D eigenvalue weighted by Crippen LogP contribution is -2.09. The molecule has 51 heavy (non-hydrogen) atoms. The molecule has 0 aromatic heterocycles. The SMILES string of the molecule is C=CC(=O)OCCCCCCOc1ccc(C(=O)Oc2ccc(OC(=O)/C=C/c3ccc(OCCCCCCOC(=C)C=O)cc3)c(C)c2)cc1. The molecule has 0 aliphatic rings. The van der Waals surface area contributed by atoms with Gasteiger partial charge in [-0.3, -0.25) is 4.79 Å². The van der Waals surface area contributed by atoms with Crippen LogP contribution < -0.4 is 18.9 Å². The third kappa shape index (κ3) is 16.1. The molecule has 0 heterocycles. The number of aldehydes is 1. The molecule has 0 amide bonds. The van der Waals surface area contributed by atoms with Gasteiger partial charge in [-0.2, -0.15) is 0 Å². The molecule has 0 aliphatic carbocycles. The predicted octanol–water partition coefficient (Wildman–Crippen LogP) is 8.17. The molecule has 3 aromatic rings. The van der Waals surface area contributed by atoms with Gasteiger partial charge in [0.2, 0.25) is 0 Å². The summed E-state index contributed by atoms with van der Waals surface area (Å²) in [6, 6.07) is 18.9. The van der Waals surface area contributed by atoms with Gasteiger partial charge in [-0.05, 0) is 130 Å². The minimum absolute atomic E-state index is 0.158. The van der Waals surface area contributed by atoms with Crippen LogP contribution in [0.5, 0.6) is 23.0 Å². The van der Waals surface area contributed by atoms with Crippen LogP contribution in [-0.2, 0) is 23.9 Å². The Labute approximate surface area is 299 Å². The maximum Gasteiger partial charge on any atom is 0.343 e. The highest BCUT2D eigenvalue weighted by atomic mass is 16.5. The summed E-state index contributed by atoms with van der Waals surface area (Å²) in [5.74, 6) is 0.746. The van der Waals surface area contributed by atoms with Crippen molar-refractivity contribution in [3.05, 3.63) is 114 Å². The number of ether oxygens (including phenoxy) is 6. The molecule has 0 bridgehead atoms. The van der Waals surface area contributed by atoms with E-state index < -0.39 is 17.9 Å². The summed E-state index contributed by atoms with van der Waals surface area (Å²) in [4.78, 5) is 46.7. The first-order valence-electron chi connectivity index (χ1n) is 17.0. The van der Waals surface area contributed by atoms with Crippen molar-refractivity contribution in [2.24, 2.45) is 0 Å². The van der Waals surface area contributed by atoms with Crippen LogP contribution in [0.4, 0.5) is 0 Å². The first kappa shape index (κ1) is 39.8. The highest BCUT2D eigenvalue weighted by molar-refractivity contribution is 5.91. The maximum absolute atomic E-state index is 12.7. The Morgan fingerprint density at radius 2 is 1.20 bits per heavy atom. The average molecular weight is 699 g/mol. The van der Waals surface area contributed by atoms with Gasteiger partial charge >= 0.3 is 17.9 Å². The van der Waals surface area contributed by atoms with E-state index in [-0.39, 0.29) is 5.76 Å². The van der Waals surface area contributed by atoms with Gasteiger partial charge in [-0.25, -0.2) is 14.4 Å². The summed E-state index contributed by atoms with van der Waals surface area (Å²) >= 11 is 0. The number of esters is 3. The molecule has 0 aliphatic heterocycles. The molecule has 3 aromatic carbocycles. The van der Waals surface area contributed by atoms with Gasteiger partial charge in [0.15, 0.2) is 12.0 Å². The first-order valence-corrected chi connectivity index (χ1v) is 17.0. The third-order valence-corrected chi connectivity index (χ3v) is 7.39. The number of rotatable bonds is 24. The summed E-state index contributed by atoms with van der Waals surface area (Å²) in [6.07, 6.45) is 12.0. The number of carbonyl (C=O) groups is 4. The Morgan fingerprint density at radius 3 is 1.76 bits per heavy atom. The molecular weight excluding hydrogens is 652 g/mol. The number of benzene rings is 3. The molecule has 0 radical (unpaired) electrons. The van der Waals surface area contributed by atoms with Crippen LogP contribution in [0.15, 0.2) is 97.8 Å². The molecule has 0 saturated carbocycles. The van der Waals surface area contributed by atoms with Gasteiger partial charge in [0, 0.05) is 12.2 Å². The fourth-order valence-electron chi connectivity index (χ4n) is 4.60. The van der Waals surface area contributed by atoms with Crippen molar-refractivity contribution in [1.82, 2.24) is 0 Å². The van der Waals surface area contributed by atoms with Crippen molar-refractivity contribution in [2.45, 2.75) is 58.3 Å². The third-order valence-electron chi connectivity index (χ3n) is 7.39. The van der Waals surface area contributed by atoms with Crippen LogP contribution >= 0.6 is 0 Å². The van der Waals surface area contributed by atoms with E-state index in [4.69, 9.17) is 28.4 Å². The topological polar surface area (TPSA) is 124 Å². The number of hydrogen-bond donors (Lipinski definition) is 0. The Kier molecular flexibility index (Phi) is 17.9. The minimum Gasteiger partial charge on any atom is -0.494 e. The molecule has 10 heteroatoms. The highest BCUT2D eigenvalue weighted by Crippen LogP contribution is 2.25. The number of unbranched alkanes of at least 4 members (excludes halogenated alkanes) is 6. The molecule has 0 unspecified atom stereocenters. The zero-order chi connectivity index (χ0) is 36.7. The van der Waals surface area contributed by atoms with E-state index in [0.29, 0.717) is 61.1 Å². The Bertz CT molecular complexity index is 1610. The minimum atomic E-state index is -0.544. The predicted molar refractivity (Wildman–Crippen MR) is 194 cm³/mol. The van der Waals surface area contributed by atoms with Crippen molar-refractivity contribution in [1.29, 1.82) is 0 Å². The summed E-state index contributed by atoms with van der Waals surface area (Å²) in [7, 11) is 0. The van der Waals surface area contributed by atoms with E-state index in [2.05, 4.69) is 13.2 Å². The van der Waals surface area contributed by atoms with Gasteiger partial charge in [0.05, 0.1) is 32.0 Å². The van der Waals surface area contributed by atoms with E-state index >= 15 is 0 Å². The van der Waals surface area contributed by atoms with Gasteiger partial charge < -0.3 is 28.4 Å². The molecule has 3 rings (SSSR count). The quantitative estimate of drug-likeness (QED) is 0.0226. The van der Waals surface area contributed by atoms with Crippen LogP contribution in [0.2, 0.25) is 0 Å². The number of aryl methyl sites for hydroxylation is 1. The zero-order valence-corrected chi connectivity index (χ0v) is 29.1. The van der Waals surface area contributed by atoms with Crippen LogP contribution in [-0.4, -0.2) is 50.6 Å². The molecule has 0 saturated heterocycles. The van der Waals surface area contributed by atoms with Gasteiger partial charge in [0.1, 0.15) is 23.0 Å². The first-order chi connectivity index (χ1) is 24.8. The van der Waals surface area contributed by atoms with Crippen LogP contribution in [0, 0.1) is 6.92 Å². The number of carbonyl (C=O) groups excluding carboxylic acids is 4. The van der Waals surface area contributed by atoms with E-state index in [0.717, 1.165) is 68.8 Å². The monoisotopic (exact) mass is 698 g/mol. The molecular formula is C41H46O10. The fourth-order valence-corrected chi connectivity index (χ4v) is 4.60. The van der Waals surface area contributed by atoms with E-state index in [1.807, 2.05) is 24.3 Å². The second kappa shape index (κ2) is 22.9. The molecule has 0 atom stereocenters. The molecule has 270 valence electrons. The lowest BCUT2D eigenvalue weighted by atomic mass is 10.2. The average Bonchev–Trinajstić information content (AvgIpc) is 3.14. The van der Waals surface area contributed by atoms with Crippen molar-refractivity contribution in [3.8, 4) is 23.0 Å². The fraction of sp³-hybridized carbons (Fsp3) is 0.317. The number of hydrogen-bond acceptors (Lipinski definition) is 10. The Morgan fingerprint density at radius 1 is 0.647 bits per heavy atom. The summed E-state index contributed by atoms with van der Waals surface area (Å²) in [5, 5.41) is 0. The largest absolute Gasteiger partial charge is 0.494 e. The van der Waals surface area contributed by atoms with Crippen molar-refractivity contribution >= 4 is 30.3 Å². The van der Waals surface area contributed by atoms with Gasteiger partial charge in [-0.15, -0.1) is 0 Å². The number of allylic oxidation sites excluding steroid dienone is 1. The van der Waals surface area contributed by atoms with E-state index in [1.165, 1.54) is 6.08 Å².